The van der Waals surface area contributed by atoms with Crippen LogP contribution in [0.3, 0.4) is 0 Å². The number of aryl methyl sites for hydroxylation is 1. The Morgan fingerprint density at radius 2 is 2.18 bits per heavy atom. The Balaban J connectivity index is 1.91. The van der Waals surface area contributed by atoms with Crippen LogP contribution in [0.2, 0.25) is 0 Å². The zero-order valence-electron chi connectivity index (χ0n) is 10.1. The summed E-state index contributed by atoms with van der Waals surface area (Å²) < 4.78 is 5.86. The van der Waals surface area contributed by atoms with E-state index >= 15 is 0 Å². The number of carbonyl (C=O) groups is 1. The van der Waals surface area contributed by atoms with Gasteiger partial charge in [-0.15, -0.1) is 11.3 Å². The maximum atomic E-state index is 10.8. The van der Waals surface area contributed by atoms with Gasteiger partial charge in [-0.2, -0.15) is 0 Å². The summed E-state index contributed by atoms with van der Waals surface area (Å²) in [6.07, 6.45) is 6.50. The van der Waals surface area contributed by atoms with Gasteiger partial charge in [0, 0.05) is 4.88 Å². The molecule has 4 heteroatoms. The summed E-state index contributed by atoms with van der Waals surface area (Å²) >= 11 is 1.33. The van der Waals surface area contributed by atoms with Gasteiger partial charge in [0.1, 0.15) is 4.88 Å². The average Bonchev–Trinajstić information content (AvgIpc) is 2.70. The van der Waals surface area contributed by atoms with Gasteiger partial charge in [-0.25, -0.2) is 4.79 Å². The van der Waals surface area contributed by atoms with Crippen molar-refractivity contribution in [3.8, 4) is 0 Å². The molecule has 1 aliphatic rings. The number of carboxylic acid groups (broad SMARTS) is 1. The number of ether oxygens (including phenoxy) is 1. The SMILES string of the molecule is Cc1sc(C(=O)O)cc1COC1CCCCC1. The van der Waals surface area contributed by atoms with Crippen molar-refractivity contribution >= 4 is 17.3 Å². The topological polar surface area (TPSA) is 46.5 Å². The smallest absolute Gasteiger partial charge is 0.345 e. The molecule has 1 fully saturated rings. The molecule has 0 saturated heterocycles. The Morgan fingerprint density at radius 1 is 1.47 bits per heavy atom. The molecule has 0 amide bonds. The molecule has 0 unspecified atom stereocenters. The van der Waals surface area contributed by atoms with Gasteiger partial charge in [-0.3, -0.25) is 0 Å². The maximum Gasteiger partial charge on any atom is 0.345 e. The predicted octanol–water partition coefficient (Wildman–Crippen LogP) is 3.60. The number of hydrogen-bond donors (Lipinski definition) is 1. The normalized spacial score (nSPS) is 17.2. The highest BCUT2D eigenvalue weighted by atomic mass is 32.1. The van der Waals surface area contributed by atoms with Crippen molar-refractivity contribution in [2.24, 2.45) is 0 Å². The minimum Gasteiger partial charge on any atom is -0.477 e. The lowest BCUT2D eigenvalue weighted by Gasteiger charge is -2.21. The van der Waals surface area contributed by atoms with Gasteiger partial charge < -0.3 is 9.84 Å². The lowest BCUT2D eigenvalue weighted by atomic mass is 9.98. The maximum absolute atomic E-state index is 10.8. The van der Waals surface area contributed by atoms with Crippen LogP contribution in [0.25, 0.3) is 0 Å². The monoisotopic (exact) mass is 254 g/mol. The first kappa shape index (κ1) is 12.6. The van der Waals surface area contributed by atoms with E-state index in [-0.39, 0.29) is 0 Å². The van der Waals surface area contributed by atoms with E-state index in [0.29, 0.717) is 17.6 Å². The van der Waals surface area contributed by atoms with Crippen LogP contribution in [0.4, 0.5) is 0 Å². The minimum atomic E-state index is -0.845. The summed E-state index contributed by atoms with van der Waals surface area (Å²) in [5.74, 6) is -0.845. The van der Waals surface area contributed by atoms with Crippen molar-refractivity contribution in [3.05, 3.63) is 21.4 Å². The van der Waals surface area contributed by atoms with Crippen LogP contribution in [0, 0.1) is 6.92 Å². The van der Waals surface area contributed by atoms with Gasteiger partial charge in [-0.05, 0) is 31.4 Å². The zero-order valence-corrected chi connectivity index (χ0v) is 10.9. The minimum absolute atomic E-state index is 0.372. The number of aromatic carboxylic acids is 1. The van der Waals surface area contributed by atoms with Gasteiger partial charge in [0.05, 0.1) is 12.7 Å². The molecular weight excluding hydrogens is 236 g/mol. The molecule has 1 aromatic heterocycles. The molecule has 0 aromatic carbocycles. The molecule has 0 spiro atoms. The summed E-state index contributed by atoms with van der Waals surface area (Å²) in [7, 11) is 0. The first-order valence-electron chi connectivity index (χ1n) is 6.11. The van der Waals surface area contributed by atoms with Gasteiger partial charge in [0.15, 0.2) is 0 Å². The van der Waals surface area contributed by atoms with Crippen molar-refractivity contribution < 1.29 is 14.6 Å². The lowest BCUT2D eigenvalue weighted by molar-refractivity contribution is 0.0168. The van der Waals surface area contributed by atoms with Crippen LogP contribution in [0.5, 0.6) is 0 Å². The Morgan fingerprint density at radius 3 is 2.76 bits per heavy atom. The van der Waals surface area contributed by atoms with Gasteiger partial charge >= 0.3 is 5.97 Å². The fourth-order valence-electron chi connectivity index (χ4n) is 2.21. The zero-order chi connectivity index (χ0) is 12.3. The number of carboxylic acids is 1. The third-order valence-electron chi connectivity index (χ3n) is 3.26. The van der Waals surface area contributed by atoms with Crippen LogP contribution in [0.1, 0.15) is 52.2 Å². The molecule has 0 radical (unpaired) electrons. The van der Waals surface area contributed by atoms with Crippen molar-refractivity contribution in [1.29, 1.82) is 0 Å². The van der Waals surface area contributed by atoms with E-state index in [1.807, 2.05) is 6.92 Å². The molecule has 94 valence electrons. The molecule has 1 saturated carbocycles. The molecule has 1 aromatic rings. The fourth-order valence-corrected chi connectivity index (χ4v) is 3.08. The molecule has 1 heterocycles. The predicted molar refractivity (Wildman–Crippen MR) is 67.7 cm³/mol. The van der Waals surface area contributed by atoms with E-state index in [2.05, 4.69) is 0 Å². The van der Waals surface area contributed by atoms with Crippen LogP contribution >= 0.6 is 11.3 Å². The Hall–Kier alpha value is -0.870. The second kappa shape index (κ2) is 5.65. The molecule has 0 aliphatic heterocycles. The fraction of sp³-hybridized carbons (Fsp3) is 0.615. The van der Waals surface area contributed by atoms with E-state index in [4.69, 9.17) is 9.84 Å². The van der Waals surface area contributed by atoms with E-state index in [1.165, 1.54) is 30.6 Å². The number of rotatable bonds is 4. The molecule has 1 aliphatic carbocycles. The standard InChI is InChI=1S/C13H18O3S/c1-9-10(7-12(17-9)13(14)15)8-16-11-5-3-2-4-6-11/h7,11H,2-6,8H2,1H3,(H,14,15). The van der Waals surface area contributed by atoms with Crippen LogP contribution in [-0.2, 0) is 11.3 Å². The highest BCUT2D eigenvalue weighted by Crippen LogP contribution is 2.25. The quantitative estimate of drug-likeness (QED) is 0.893. The van der Waals surface area contributed by atoms with E-state index in [9.17, 15) is 4.79 Å². The molecule has 0 bridgehead atoms. The second-order valence-electron chi connectivity index (χ2n) is 4.57. The molecule has 1 N–H and O–H groups in total. The van der Waals surface area contributed by atoms with E-state index in [1.54, 1.807) is 6.07 Å². The summed E-state index contributed by atoms with van der Waals surface area (Å²) in [5.41, 5.74) is 1.03. The summed E-state index contributed by atoms with van der Waals surface area (Å²) in [6.45, 7) is 2.51. The highest BCUT2D eigenvalue weighted by molar-refractivity contribution is 7.14. The Labute approximate surface area is 105 Å². The first-order chi connectivity index (χ1) is 8.16. The van der Waals surface area contributed by atoms with Gasteiger partial charge in [0.25, 0.3) is 0 Å². The first-order valence-corrected chi connectivity index (χ1v) is 6.92. The summed E-state index contributed by atoms with van der Waals surface area (Å²) in [4.78, 5) is 12.3. The third-order valence-corrected chi connectivity index (χ3v) is 4.34. The van der Waals surface area contributed by atoms with Crippen LogP contribution in [0.15, 0.2) is 6.07 Å². The highest BCUT2D eigenvalue weighted by Gasteiger charge is 2.16. The lowest BCUT2D eigenvalue weighted by Crippen LogP contribution is -2.16. The van der Waals surface area contributed by atoms with E-state index in [0.717, 1.165) is 23.3 Å². The average molecular weight is 254 g/mol. The Kier molecular flexibility index (Phi) is 4.18. The molecule has 0 atom stereocenters. The largest absolute Gasteiger partial charge is 0.477 e. The third kappa shape index (κ3) is 3.30. The Bertz CT molecular complexity index is 391. The summed E-state index contributed by atoms with van der Waals surface area (Å²) in [5, 5.41) is 8.91. The van der Waals surface area contributed by atoms with Gasteiger partial charge in [-0.1, -0.05) is 19.3 Å². The van der Waals surface area contributed by atoms with Gasteiger partial charge in [0.2, 0.25) is 0 Å². The molecule has 17 heavy (non-hydrogen) atoms. The van der Waals surface area contributed by atoms with Crippen molar-refractivity contribution in [1.82, 2.24) is 0 Å². The molecule has 2 rings (SSSR count). The second-order valence-corrected chi connectivity index (χ2v) is 5.82. The summed E-state index contributed by atoms with van der Waals surface area (Å²) in [6, 6.07) is 1.74. The van der Waals surface area contributed by atoms with Crippen molar-refractivity contribution in [2.45, 2.75) is 51.7 Å². The van der Waals surface area contributed by atoms with Crippen molar-refractivity contribution in [3.63, 3.8) is 0 Å². The molecule has 3 nitrogen and oxygen atoms in total. The van der Waals surface area contributed by atoms with Crippen LogP contribution < -0.4 is 0 Å². The van der Waals surface area contributed by atoms with Crippen LogP contribution in [-0.4, -0.2) is 17.2 Å². The number of thiophene rings is 1. The van der Waals surface area contributed by atoms with E-state index < -0.39 is 5.97 Å². The molecular formula is C13H18O3S. The number of hydrogen-bond acceptors (Lipinski definition) is 3. The van der Waals surface area contributed by atoms with Crippen molar-refractivity contribution in [2.75, 3.05) is 0 Å².